The average molecular weight is 202 g/mol. The summed E-state index contributed by atoms with van der Waals surface area (Å²) in [6.45, 7) is 7.34. The third-order valence-corrected chi connectivity index (χ3v) is 1.94. The molecule has 0 atom stereocenters. The smallest absolute Gasteiger partial charge is 0.302 e. The summed E-state index contributed by atoms with van der Waals surface area (Å²) in [4.78, 5) is 21.2. The van der Waals surface area contributed by atoms with Gasteiger partial charge >= 0.3 is 11.9 Å². The first kappa shape index (κ1) is 12.9. The first-order valence-electron chi connectivity index (χ1n) is 4.70. The highest BCUT2D eigenvalue weighted by Gasteiger charge is 2.16. The van der Waals surface area contributed by atoms with Gasteiger partial charge in [0.25, 0.3) is 0 Å². The predicted octanol–water partition coefficient (Wildman–Crippen LogP) is 1.38. The van der Waals surface area contributed by atoms with Crippen LogP contribution in [0.1, 0.15) is 27.7 Å². The van der Waals surface area contributed by atoms with Crippen LogP contribution in [0.2, 0.25) is 0 Å². The molecular formula is C10H18O4. The van der Waals surface area contributed by atoms with Gasteiger partial charge < -0.3 is 9.47 Å². The van der Waals surface area contributed by atoms with Gasteiger partial charge in [0.05, 0.1) is 13.2 Å². The van der Waals surface area contributed by atoms with E-state index in [1.54, 1.807) is 0 Å². The van der Waals surface area contributed by atoms with Crippen molar-refractivity contribution in [1.82, 2.24) is 0 Å². The Balaban J connectivity index is 3.89. The van der Waals surface area contributed by atoms with Crippen molar-refractivity contribution >= 4 is 11.9 Å². The van der Waals surface area contributed by atoms with E-state index < -0.39 is 0 Å². The van der Waals surface area contributed by atoms with Crippen LogP contribution in [0.4, 0.5) is 0 Å². The second-order valence-corrected chi connectivity index (χ2v) is 3.61. The Morgan fingerprint density at radius 1 is 1.00 bits per heavy atom. The van der Waals surface area contributed by atoms with E-state index in [-0.39, 0.29) is 17.9 Å². The predicted molar refractivity (Wildman–Crippen MR) is 51.6 cm³/mol. The number of carbonyl (C=O) groups excluding carboxylic acids is 2. The molecule has 0 heterocycles. The molecule has 0 aromatic rings. The molecule has 0 aliphatic carbocycles. The lowest BCUT2D eigenvalue weighted by Gasteiger charge is -2.19. The minimum atomic E-state index is -0.307. The van der Waals surface area contributed by atoms with E-state index in [0.717, 1.165) is 0 Å². The van der Waals surface area contributed by atoms with Gasteiger partial charge in [0.1, 0.15) is 0 Å². The Labute approximate surface area is 84.6 Å². The summed E-state index contributed by atoms with van der Waals surface area (Å²) in [5, 5.41) is 0. The number of hydrogen-bond acceptors (Lipinski definition) is 4. The normalized spacial score (nSPS) is 10.4. The number of carbonyl (C=O) groups is 2. The fourth-order valence-corrected chi connectivity index (χ4v) is 0.882. The molecule has 0 fully saturated rings. The van der Waals surface area contributed by atoms with E-state index in [9.17, 15) is 9.59 Å². The maximum absolute atomic E-state index is 10.6. The molecule has 0 aliphatic heterocycles. The average Bonchev–Trinajstić information content (AvgIpc) is 2.02. The Hall–Kier alpha value is -1.06. The Morgan fingerprint density at radius 2 is 1.36 bits per heavy atom. The fourth-order valence-electron chi connectivity index (χ4n) is 0.882. The van der Waals surface area contributed by atoms with E-state index in [2.05, 4.69) is 0 Å². The van der Waals surface area contributed by atoms with Gasteiger partial charge in [0.2, 0.25) is 0 Å². The van der Waals surface area contributed by atoms with Crippen LogP contribution < -0.4 is 0 Å². The quantitative estimate of drug-likeness (QED) is 0.632. The maximum Gasteiger partial charge on any atom is 0.302 e. The summed E-state index contributed by atoms with van der Waals surface area (Å²) in [6, 6.07) is 0. The van der Waals surface area contributed by atoms with Crippen molar-refractivity contribution < 1.29 is 19.1 Å². The lowest BCUT2D eigenvalue weighted by atomic mass is 9.98. The van der Waals surface area contributed by atoms with Crippen LogP contribution in [0.5, 0.6) is 0 Å². The summed E-state index contributed by atoms with van der Waals surface area (Å²) < 4.78 is 9.73. The molecule has 0 aromatic carbocycles. The molecule has 0 saturated carbocycles. The monoisotopic (exact) mass is 202 g/mol. The molecule has 0 saturated heterocycles. The highest BCUT2D eigenvalue weighted by Crippen LogP contribution is 2.12. The summed E-state index contributed by atoms with van der Waals surface area (Å²) >= 11 is 0. The Bertz CT molecular complexity index is 180. The second-order valence-electron chi connectivity index (χ2n) is 3.61. The summed E-state index contributed by atoms with van der Waals surface area (Å²) in [5.74, 6) is -0.228. The van der Waals surface area contributed by atoms with Crippen molar-refractivity contribution in [3.63, 3.8) is 0 Å². The molecule has 0 aromatic heterocycles. The zero-order valence-corrected chi connectivity index (χ0v) is 9.20. The van der Waals surface area contributed by atoms with Crippen molar-refractivity contribution in [3.8, 4) is 0 Å². The largest absolute Gasteiger partial charge is 0.465 e. The summed E-state index contributed by atoms with van der Waals surface area (Å²) in [6.07, 6.45) is 0. The minimum Gasteiger partial charge on any atom is -0.465 e. The van der Waals surface area contributed by atoms with E-state index >= 15 is 0 Å². The van der Waals surface area contributed by atoms with E-state index in [1.807, 2.05) is 13.8 Å². The molecule has 0 N–H and O–H groups in total. The van der Waals surface area contributed by atoms with Crippen molar-refractivity contribution in [2.24, 2.45) is 11.8 Å². The highest BCUT2D eigenvalue weighted by molar-refractivity contribution is 5.66. The number of hydrogen-bond donors (Lipinski definition) is 0. The van der Waals surface area contributed by atoms with Gasteiger partial charge in [-0.1, -0.05) is 13.8 Å². The summed E-state index contributed by atoms with van der Waals surface area (Å²) in [5.41, 5.74) is 0. The van der Waals surface area contributed by atoms with Gasteiger partial charge in [-0.25, -0.2) is 0 Å². The lowest BCUT2D eigenvalue weighted by Crippen LogP contribution is -2.23. The molecule has 0 aliphatic rings. The molecule has 0 bridgehead atoms. The Kier molecular flexibility index (Phi) is 5.92. The first-order chi connectivity index (χ1) is 6.43. The van der Waals surface area contributed by atoms with Gasteiger partial charge in [-0.05, 0) is 5.92 Å². The number of ether oxygens (including phenoxy) is 2. The minimum absolute atomic E-state index is 0.0720. The molecule has 0 spiro atoms. The molecule has 4 heteroatoms. The third kappa shape index (κ3) is 6.46. The standard InChI is InChI=1S/C10H18O4/c1-7(2)10(5-13-8(3)11)6-14-9(4)12/h7,10H,5-6H2,1-4H3. The molecule has 14 heavy (non-hydrogen) atoms. The lowest BCUT2D eigenvalue weighted by molar-refractivity contribution is -0.147. The van der Waals surface area contributed by atoms with E-state index in [1.165, 1.54) is 13.8 Å². The van der Waals surface area contributed by atoms with Crippen molar-refractivity contribution in [2.45, 2.75) is 27.7 Å². The Morgan fingerprint density at radius 3 is 1.57 bits per heavy atom. The molecule has 0 rings (SSSR count). The van der Waals surface area contributed by atoms with Crippen molar-refractivity contribution in [2.75, 3.05) is 13.2 Å². The SMILES string of the molecule is CC(=O)OCC(COC(C)=O)C(C)C. The summed E-state index contributed by atoms with van der Waals surface area (Å²) in [7, 11) is 0. The molecule has 4 nitrogen and oxygen atoms in total. The zero-order valence-electron chi connectivity index (χ0n) is 9.20. The van der Waals surface area contributed by atoms with Crippen LogP contribution in [-0.4, -0.2) is 25.2 Å². The van der Waals surface area contributed by atoms with Crippen LogP contribution in [-0.2, 0) is 19.1 Å². The van der Waals surface area contributed by atoms with Gasteiger partial charge in [-0.2, -0.15) is 0 Å². The molecule has 0 amide bonds. The topological polar surface area (TPSA) is 52.6 Å². The van der Waals surface area contributed by atoms with Crippen LogP contribution >= 0.6 is 0 Å². The van der Waals surface area contributed by atoms with Crippen LogP contribution in [0.25, 0.3) is 0 Å². The van der Waals surface area contributed by atoms with Crippen LogP contribution in [0, 0.1) is 11.8 Å². The highest BCUT2D eigenvalue weighted by atomic mass is 16.5. The van der Waals surface area contributed by atoms with Gasteiger partial charge in [0.15, 0.2) is 0 Å². The number of esters is 2. The van der Waals surface area contributed by atoms with Crippen LogP contribution in [0.15, 0.2) is 0 Å². The van der Waals surface area contributed by atoms with Gasteiger partial charge in [0, 0.05) is 19.8 Å². The second kappa shape index (κ2) is 6.40. The van der Waals surface area contributed by atoms with E-state index in [0.29, 0.717) is 19.1 Å². The zero-order chi connectivity index (χ0) is 11.1. The molecule has 0 unspecified atom stereocenters. The van der Waals surface area contributed by atoms with Crippen molar-refractivity contribution in [1.29, 1.82) is 0 Å². The third-order valence-electron chi connectivity index (χ3n) is 1.94. The van der Waals surface area contributed by atoms with Gasteiger partial charge in [-0.15, -0.1) is 0 Å². The first-order valence-corrected chi connectivity index (χ1v) is 4.70. The molecule has 0 radical (unpaired) electrons. The fraction of sp³-hybridized carbons (Fsp3) is 0.800. The molecular weight excluding hydrogens is 184 g/mol. The van der Waals surface area contributed by atoms with Crippen LogP contribution in [0.3, 0.4) is 0 Å². The van der Waals surface area contributed by atoms with Crippen molar-refractivity contribution in [3.05, 3.63) is 0 Å². The number of rotatable bonds is 5. The van der Waals surface area contributed by atoms with E-state index in [4.69, 9.17) is 9.47 Å². The van der Waals surface area contributed by atoms with Gasteiger partial charge in [-0.3, -0.25) is 9.59 Å². The molecule has 82 valence electrons. The maximum atomic E-state index is 10.6.